The molecule has 12 heavy (non-hydrogen) atoms. The van der Waals surface area contributed by atoms with E-state index in [-0.39, 0.29) is 0 Å². The smallest absolute Gasteiger partial charge is 0.160 e. The summed E-state index contributed by atoms with van der Waals surface area (Å²) in [5.41, 5.74) is 1.15. The molecule has 0 saturated heterocycles. The zero-order valence-corrected chi connectivity index (χ0v) is 6.38. The molecule has 0 saturated carbocycles. The Morgan fingerprint density at radius 3 is 2.83 bits per heavy atom. The van der Waals surface area contributed by atoms with Gasteiger partial charge in [0.25, 0.3) is 0 Å². The van der Waals surface area contributed by atoms with E-state index in [4.69, 9.17) is 0 Å². The number of aromatic nitrogens is 4. The summed E-state index contributed by atoms with van der Waals surface area (Å²) in [4.78, 5) is 1.54. The molecule has 0 N–H and O–H groups in total. The SMILES string of the molecule is [c]1ccc(Cn2ncnn2)cc1. The zero-order chi connectivity index (χ0) is 8.23. The Morgan fingerprint density at radius 1 is 1.33 bits per heavy atom. The molecule has 4 nitrogen and oxygen atoms in total. The van der Waals surface area contributed by atoms with E-state index in [0.29, 0.717) is 6.54 Å². The third-order valence-electron chi connectivity index (χ3n) is 1.50. The average Bonchev–Trinajstić information content (AvgIpc) is 2.59. The highest BCUT2D eigenvalue weighted by Gasteiger charge is 1.93. The van der Waals surface area contributed by atoms with Crippen LogP contribution in [0.25, 0.3) is 0 Å². The summed E-state index contributed by atoms with van der Waals surface area (Å²) in [5, 5.41) is 11.3. The third-order valence-corrected chi connectivity index (χ3v) is 1.50. The van der Waals surface area contributed by atoms with Crippen molar-refractivity contribution in [2.75, 3.05) is 0 Å². The second kappa shape index (κ2) is 3.13. The normalized spacial score (nSPS) is 10.0. The van der Waals surface area contributed by atoms with Gasteiger partial charge in [-0.2, -0.15) is 4.80 Å². The molecule has 0 aliphatic carbocycles. The standard InChI is InChI=1S/C8H7N4/c1-2-4-8(5-3-1)6-12-10-7-9-11-12/h2-5,7H,6H2. The van der Waals surface area contributed by atoms with Gasteiger partial charge < -0.3 is 0 Å². The van der Waals surface area contributed by atoms with Crippen molar-refractivity contribution in [2.45, 2.75) is 6.54 Å². The van der Waals surface area contributed by atoms with Crippen LogP contribution in [-0.4, -0.2) is 20.2 Å². The van der Waals surface area contributed by atoms with E-state index in [0.717, 1.165) is 5.56 Å². The lowest BCUT2D eigenvalue weighted by Crippen LogP contribution is -2.03. The van der Waals surface area contributed by atoms with Crippen LogP contribution < -0.4 is 0 Å². The molecule has 4 heteroatoms. The maximum absolute atomic E-state index is 3.90. The van der Waals surface area contributed by atoms with Crippen LogP contribution in [0.15, 0.2) is 30.6 Å². The van der Waals surface area contributed by atoms with E-state index in [9.17, 15) is 0 Å². The first kappa shape index (κ1) is 6.97. The lowest BCUT2D eigenvalue weighted by atomic mass is 10.2. The van der Waals surface area contributed by atoms with Gasteiger partial charge in [-0.25, -0.2) is 0 Å². The number of tetrazole rings is 1. The topological polar surface area (TPSA) is 43.6 Å². The first-order valence-electron chi connectivity index (χ1n) is 3.61. The second-order valence-corrected chi connectivity index (χ2v) is 2.37. The van der Waals surface area contributed by atoms with Gasteiger partial charge in [-0.1, -0.05) is 24.3 Å². The summed E-state index contributed by atoms with van der Waals surface area (Å²) in [6, 6.07) is 10.6. The van der Waals surface area contributed by atoms with E-state index in [1.54, 1.807) is 0 Å². The Kier molecular flexibility index (Phi) is 1.82. The molecule has 0 unspecified atom stereocenters. The largest absolute Gasteiger partial charge is 0.162 e. The van der Waals surface area contributed by atoms with Crippen molar-refractivity contribution in [3.8, 4) is 0 Å². The minimum Gasteiger partial charge on any atom is -0.160 e. The number of hydrogen-bond acceptors (Lipinski definition) is 3. The highest BCUT2D eigenvalue weighted by Crippen LogP contribution is 1.98. The lowest BCUT2D eigenvalue weighted by molar-refractivity contribution is 0.572. The minimum absolute atomic E-state index is 0.661. The molecule has 2 rings (SSSR count). The van der Waals surface area contributed by atoms with Gasteiger partial charge in [-0.05, 0) is 16.8 Å². The van der Waals surface area contributed by atoms with Gasteiger partial charge in [0.1, 0.15) is 0 Å². The van der Waals surface area contributed by atoms with Crippen molar-refractivity contribution in [3.63, 3.8) is 0 Å². The number of hydrogen-bond donors (Lipinski definition) is 0. The fourth-order valence-electron chi connectivity index (χ4n) is 0.951. The van der Waals surface area contributed by atoms with Crippen molar-refractivity contribution < 1.29 is 0 Å². The first-order valence-corrected chi connectivity index (χ1v) is 3.61. The molecule has 1 aromatic heterocycles. The van der Waals surface area contributed by atoms with Crippen molar-refractivity contribution >= 4 is 0 Å². The molecule has 1 heterocycles. The molecule has 0 atom stereocenters. The third kappa shape index (κ3) is 1.47. The number of nitrogens with zero attached hydrogens (tertiary/aromatic N) is 4. The molecular weight excluding hydrogens is 152 g/mol. The predicted molar refractivity (Wildman–Crippen MR) is 42.2 cm³/mol. The average molecular weight is 159 g/mol. The van der Waals surface area contributed by atoms with Gasteiger partial charge >= 0.3 is 0 Å². The Hall–Kier alpha value is -1.71. The Balaban J connectivity index is 2.15. The Morgan fingerprint density at radius 2 is 2.17 bits per heavy atom. The van der Waals surface area contributed by atoms with Crippen LogP contribution >= 0.6 is 0 Å². The summed E-state index contributed by atoms with van der Waals surface area (Å²) in [6.07, 6.45) is 1.43. The fraction of sp³-hybridized carbons (Fsp3) is 0.125. The molecular formula is C8H7N4. The van der Waals surface area contributed by atoms with Crippen molar-refractivity contribution in [1.29, 1.82) is 0 Å². The van der Waals surface area contributed by atoms with Crippen LogP contribution in [0, 0.1) is 6.07 Å². The highest BCUT2D eigenvalue weighted by molar-refractivity contribution is 5.13. The molecule has 0 aliphatic rings. The van der Waals surface area contributed by atoms with Gasteiger partial charge in [0.2, 0.25) is 0 Å². The van der Waals surface area contributed by atoms with E-state index in [2.05, 4.69) is 21.5 Å². The molecule has 0 aliphatic heterocycles. The Labute approximate surface area is 69.8 Å². The zero-order valence-electron chi connectivity index (χ0n) is 6.38. The van der Waals surface area contributed by atoms with Gasteiger partial charge in [0, 0.05) is 0 Å². The summed E-state index contributed by atoms with van der Waals surface area (Å²) < 4.78 is 0. The molecule has 0 bridgehead atoms. The molecule has 1 radical (unpaired) electrons. The van der Waals surface area contributed by atoms with Crippen LogP contribution in [0.1, 0.15) is 5.56 Å². The number of rotatable bonds is 2. The van der Waals surface area contributed by atoms with Crippen LogP contribution in [-0.2, 0) is 6.54 Å². The first-order chi connectivity index (χ1) is 5.95. The number of benzene rings is 1. The van der Waals surface area contributed by atoms with Gasteiger partial charge in [0.05, 0.1) is 6.54 Å². The molecule has 59 valence electrons. The van der Waals surface area contributed by atoms with E-state index < -0.39 is 0 Å². The summed E-state index contributed by atoms with van der Waals surface area (Å²) in [6.45, 7) is 0.661. The molecule has 2 aromatic rings. The lowest BCUT2D eigenvalue weighted by Gasteiger charge is -1.96. The van der Waals surface area contributed by atoms with Crippen LogP contribution in [0.4, 0.5) is 0 Å². The Bertz CT molecular complexity index is 327. The molecule has 0 spiro atoms. The van der Waals surface area contributed by atoms with Crippen LogP contribution in [0.5, 0.6) is 0 Å². The second-order valence-electron chi connectivity index (χ2n) is 2.37. The van der Waals surface area contributed by atoms with Gasteiger partial charge in [-0.15, -0.1) is 10.2 Å². The monoisotopic (exact) mass is 159 g/mol. The van der Waals surface area contributed by atoms with Crippen LogP contribution in [0.2, 0.25) is 0 Å². The summed E-state index contributed by atoms with van der Waals surface area (Å²) >= 11 is 0. The predicted octanol–water partition coefficient (Wildman–Crippen LogP) is 0.522. The van der Waals surface area contributed by atoms with Crippen molar-refractivity contribution in [3.05, 3.63) is 42.2 Å². The van der Waals surface area contributed by atoms with Gasteiger partial charge in [0.15, 0.2) is 6.33 Å². The summed E-state index contributed by atoms with van der Waals surface area (Å²) in [5.74, 6) is 0. The van der Waals surface area contributed by atoms with E-state index >= 15 is 0 Å². The maximum atomic E-state index is 3.90. The van der Waals surface area contributed by atoms with E-state index in [1.165, 1.54) is 11.1 Å². The van der Waals surface area contributed by atoms with Crippen molar-refractivity contribution in [1.82, 2.24) is 20.2 Å². The minimum atomic E-state index is 0.661. The summed E-state index contributed by atoms with van der Waals surface area (Å²) in [7, 11) is 0. The quantitative estimate of drug-likeness (QED) is 0.641. The van der Waals surface area contributed by atoms with Gasteiger partial charge in [-0.3, -0.25) is 0 Å². The maximum Gasteiger partial charge on any atom is 0.162 e. The van der Waals surface area contributed by atoms with Crippen LogP contribution in [0.3, 0.4) is 0 Å². The van der Waals surface area contributed by atoms with E-state index in [1.807, 2.05) is 24.3 Å². The fourth-order valence-corrected chi connectivity index (χ4v) is 0.951. The molecule has 0 amide bonds. The highest BCUT2D eigenvalue weighted by atomic mass is 15.6. The molecule has 1 aromatic carbocycles. The van der Waals surface area contributed by atoms with Crippen molar-refractivity contribution in [2.24, 2.45) is 0 Å². The molecule has 0 fully saturated rings.